The number of amidine groups is 1. The Kier molecular flexibility index (Phi) is 7.45. The normalized spacial score (nSPS) is 10.5. The SMILES string of the molecule is CCOC(=O)NC(=N)c1ccc(-n2cc(C)n(-c3ccc(CCC(=O)OC)cc3)c2=O)cc1. The summed E-state index contributed by atoms with van der Waals surface area (Å²) in [5, 5.41) is 10.3. The summed E-state index contributed by atoms with van der Waals surface area (Å²) in [7, 11) is 1.36. The number of esters is 1. The molecule has 1 amide bonds. The molecular formula is C24H26N4O5. The van der Waals surface area contributed by atoms with Gasteiger partial charge in [0.15, 0.2) is 0 Å². The molecule has 0 bridgehead atoms. The second-order valence-electron chi connectivity index (χ2n) is 7.27. The van der Waals surface area contributed by atoms with E-state index in [0.717, 1.165) is 16.9 Å². The Balaban J connectivity index is 1.79. The van der Waals surface area contributed by atoms with Gasteiger partial charge in [0.05, 0.1) is 25.1 Å². The maximum absolute atomic E-state index is 13.1. The summed E-state index contributed by atoms with van der Waals surface area (Å²) < 4.78 is 12.6. The molecule has 0 radical (unpaired) electrons. The fraction of sp³-hybridized carbons (Fsp3) is 0.250. The van der Waals surface area contributed by atoms with Crippen molar-refractivity contribution < 1.29 is 19.1 Å². The molecule has 1 heterocycles. The Morgan fingerprint density at radius 3 is 2.27 bits per heavy atom. The second-order valence-corrected chi connectivity index (χ2v) is 7.27. The molecule has 172 valence electrons. The summed E-state index contributed by atoms with van der Waals surface area (Å²) in [5.41, 5.74) is 3.33. The predicted molar refractivity (Wildman–Crippen MR) is 123 cm³/mol. The monoisotopic (exact) mass is 450 g/mol. The molecule has 0 spiro atoms. The highest BCUT2D eigenvalue weighted by Gasteiger charge is 2.13. The van der Waals surface area contributed by atoms with Crippen LogP contribution in [0.25, 0.3) is 11.4 Å². The molecule has 0 atom stereocenters. The lowest BCUT2D eigenvalue weighted by molar-refractivity contribution is -0.140. The highest BCUT2D eigenvalue weighted by Crippen LogP contribution is 2.15. The lowest BCUT2D eigenvalue weighted by Gasteiger charge is -2.08. The quantitative estimate of drug-likeness (QED) is 0.326. The van der Waals surface area contributed by atoms with Gasteiger partial charge in [-0.2, -0.15) is 0 Å². The number of carbonyl (C=O) groups excluding carboxylic acids is 2. The lowest BCUT2D eigenvalue weighted by Crippen LogP contribution is -2.31. The molecule has 3 aromatic rings. The first-order valence-corrected chi connectivity index (χ1v) is 10.4. The average Bonchev–Trinajstić information content (AvgIpc) is 3.11. The van der Waals surface area contributed by atoms with Crippen molar-refractivity contribution in [3.63, 3.8) is 0 Å². The zero-order valence-corrected chi connectivity index (χ0v) is 18.8. The van der Waals surface area contributed by atoms with Crippen molar-refractivity contribution in [1.82, 2.24) is 14.5 Å². The fourth-order valence-electron chi connectivity index (χ4n) is 3.35. The van der Waals surface area contributed by atoms with E-state index in [1.54, 1.807) is 42.0 Å². The predicted octanol–water partition coefficient (Wildman–Crippen LogP) is 3.11. The zero-order chi connectivity index (χ0) is 24.0. The molecule has 0 aliphatic rings. The number of aryl methyl sites for hydroxylation is 2. The second kappa shape index (κ2) is 10.4. The van der Waals surface area contributed by atoms with Gasteiger partial charge in [0.25, 0.3) is 0 Å². The lowest BCUT2D eigenvalue weighted by atomic mass is 10.1. The number of carbonyl (C=O) groups is 2. The maximum atomic E-state index is 13.1. The highest BCUT2D eigenvalue weighted by molar-refractivity contribution is 6.04. The molecule has 0 aliphatic heterocycles. The van der Waals surface area contributed by atoms with Crippen LogP contribution in [-0.2, 0) is 20.7 Å². The van der Waals surface area contributed by atoms with Crippen LogP contribution in [0.2, 0.25) is 0 Å². The third-order valence-electron chi connectivity index (χ3n) is 5.04. The van der Waals surface area contributed by atoms with E-state index < -0.39 is 6.09 Å². The summed E-state index contributed by atoms with van der Waals surface area (Å²) in [6.07, 6.45) is 1.92. The summed E-state index contributed by atoms with van der Waals surface area (Å²) in [5.74, 6) is -0.352. The van der Waals surface area contributed by atoms with Gasteiger partial charge >= 0.3 is 17.8 Å². The van der Waals surface area contributed by atoms with E-state index >= 15 is 0 Å². The van der Waals surface area contributed by atoms with Crippen LogP contribution in [0.4, 0.5) is 4.79 Å². The van der Waals surface area contributed by atoms with Crippen LogP contribution in [0, 0.1) is 12.3 Å². The van der Waals surface area contributed by atoms with Crippen LogP contribution in [-0.4, -0.2) is 40.7 Å². The van der Waals surface area contributed by atoms with Crippen LogP contribution in [0.5, 0.6) is 0 Å². The molecular weight excluding hydrogens is 424 g/mol. The molecule has 3 rings (SSSR count). The Bertz CT molecular complexity index is 1210. The summed E-state index contributed by atoms with van der Waals surface area (Å²) in [4.78, 5) is 35.9. The molecule has 9 nitrogen and oxygen atoms in total. The number of amides is 1. The Morgan fingerprint density at radius 1 is 1.03 bits per heavy atom. The highest BCUT2D eigenvalue weighted by atomic mass is 16.5. The molecule has 0 saturated heterocycles. The first-order chi connectivity index (χ1) is 15.8. The third kappa shape index (κ3) is 5.57. The van der Waals surface area contributed by atoms with E-state index in [1.807, 2.05) is 31.2 Å². The number of benzene rings is 2. The number of hydrogen-bond acceptors (Lipinski definition) is 6. The molecule has 0 saturated carbocycles. The van der Waals surface area contributed by atoms with Gasteiger partial charge < -0.3 is 9.47 Å². The number of alkyl carbamates (subject to hydrolysis) is 1. The third-order valence-corrected chi connectivity index (χ3v) is 5.04. The number of hydrogen-bond donors (Lipinski definition) is 2. The van der Waals surface area contributed by atoms with Gasteiger partial charge in [-0.3, -0.25) is 24.7 Å². The molecule has 0 aliphatic carbocycles. The smallest absolute Gasteiger partial charge is 0.412 e. The van der Waals surface area contributed by atoms with Crippen molar-refractivity contribution in [2.45, 2.75) is 26.7 Å². The first-order valence-electron chi connectivity index (χ1n) is 10.4. The Morgan fingerprint density at radius 2 is 1.67 bits per heavy atom. The van der Waals surface area contributed by atoms with Crippen molar-refractivity contribution in [2.24, 2.45) is 0 Å². The van der Waals surface area contributed by atoms with E-state index in [0.29, 0.717) is 24.1 Å². The van der Waals surface area contributed by atoms with Crippen LogP contribution in [0.15, 0.2) is 59.5 Å². The Hall–Kier alpha value is -4.14. The molecule has 2 aromatic carbocycles. The molecule has 0 fully saturated rings. The maximum Gasteiger partial charge on any atom is 0.412 e. The van der Waals surface area contributed by atoms with Crippen molar-refractivity contribution >= 4 is 17.9 Å². The molecule has 2 N–H and O–H groups in total. The number of imidazole rings is 1. The van der Waals surface area contributed by atoms with Crippen molar-refractivity contribution in [3.8, 4) is 11.4 Å². The number of methoxy groups -OCH3 is 1. The molecule has 1 aromatic heterocycles. The number of nitrogens with zero attached hydrogens (tertiary/aromatic N) is 2. The molecule has 9 heteroatoms. The number of nitrogens with one attached hydrogen (secondary N) is 2. The van der Waals surface area contributed by atoms with Crippen molar-refractivity contribution in [2.75, 3.05) is 13.7 Å². The van der Waals surface area contributed by atoms with Gasteiger partial charge in [-0.1, -0.05) is 12.1 Å². The van der Waals surface area contributed by atoms with E-state index in [9.17, 15) is 14.4 Å². The van der Waals surface area contributed by atoms with Crippen LogP contribution < -0.4 is 11.0 Å². The zero-order valence-electron chi connectivity index (χ0n) is 18.8. The van der Waals surface area contributed by atoms with Gasteiger partial charge in [0, 0.05) is 23.9 Å². The minimum absolute atomic E-state index is 0.0895. The van der Waals surface area contributed by atoms with E-state index in [1.165, 1.54) is 11.7 Å². The van der Waals surface area contributed by atoms with E-state index in [2.05, 4.69) is 10.1 Å². The fourth-order valence-corrected chi connectivity index (χ4v) is 3.35. The van der Waals surface area contributed by atoms with Gasteiger partial charge in [0.2, 0.25) is 0 Å². The number of aromatic nitrogens is 2. The van der Waals surface area contributed by atoms with E-state index in [4.69, 9.17) is 10.1 Å². The largest absolute Gasteiger partial charge is 0.469 e. The Labute approximate surface area is 191 Å². The number of ether oxygens (including phenoxy) is 2. The minimum atomic E-state index is -0.688. The standard InChI is InChI=1S/C24H26N4O5/c1-4-33-23(30)26-22(25)18-8-12-19(13-9-18)27-15-16(2)28(24(27)31)20-10-5-17(6-11-20)7-14-21(29)32-3/h5-6,8-13,15H,4,7,14H2,1-3H3,(H2,25,26,30). The number of rotatable bonds is 7. The molecule has 0 unspecified atom stereocenters. The van der Waals surface area contributed by atoms with Gasteiger partial charge in [-0.05, 0) is 62.2 Å². The summed E-state index contributed by atoms with van der Waals surface area (Å²) in [6, 6.07) is 14.2. The summed E-state index contributed by atoms with van der Waals surface area (Å²) in [6.45, 7) is 3.74. The average molecular weight is 450 g/mol. The van der Waals surface area contributed by atoms with Crippen LogP contribution in [0.3, 0.4) is 0 Å². The van der Waals surface area contributed by atoms with Crippen LogP contribution in [0.1, 0.15) is 30.2 Å². The minimum Gasteiger partial charge on any atom is -0.469 e. The van der Waals surface area contributed by atoms with Gasteiger partial charge in [0.1, 0.15) is 5.84 Å². The topological polar surface area (TPSA) is 115 Å². The first kappa shape index (κ1) is 23.5. The van der Waals surface area contributed by atoms with Crippen molar-refractivity contribution in [1.29, 1.82) is 5.41 Å². The van der Waals surface area contributed by atoms with E-state index in [-0.39, 0.29) is 24.1 Å². The summed E-state index contributed by atoms with van der Waals surface area (Å²) >= 11 is 0. The van der Waals surface area contributed by atoms with Gasteiger partial charge in [-0.25, -0.2) is 9.59 Å². The van der Waals surface area contributed by atoms with Crippen LogP contribution >= 0.6 is 0 Å². The van der Waals surface area contributed by atoms with Gasteiger partial charge in [-0.15, -0.1) is 0 Å². The van der Waals surface area contributed by atoms with Crippen molar-refractivity contribution in [3.05, 3.63) is 82.0 Å². The molecule has 33 heavy (non-hydrogen) atoms.